The number of hydrogen-bond acceptors (Lipinski definition) is 5. The molecule has 0 saturated carbocycles. The molecule has 0 aliphatic heterocycles. The molecule has 0 aliphatic carbocycles. The van der Waals surface area contributed by atoms with E-state index in [2.05, 4.69) is 20.5 Å². The van der Waals surface area contributed by atoms with Crippen molar-refractivity contribution >= 4 is 11.9 Å². The first kappa shape index (κ1) is 13.3. The molecule has 2 N–H and O–H groups in total. The van der Waals surface area contributed by atoms with Gasteiger partial charge in [-0.15, -0.1) is 5.10 Å². The number of aromatic nitrogens is 3. The van der Waals surface area contributed by atoms with Crippen LogP contribution in [0.25, 0.3) is 0 Å². The second kappa shape index (κ2) is 5.56. The first-order chi connectivity index (χ1) is 7.95. The molecule has 0 bridgehead atoms. The molecular formula is C11H18N4O2. The van der Waals surface area contributed by atoms with Gasteiger partial charge in [-0.2, -0.15) is 5.10 Å². The molecule has 94 valence electrons. The topological polar surface area (TPSA) is 88.0 Å². The number of hydrogen-bond donors (Lipinski definition) is 2. The summed E-state index contributed by atoms with van der Waals surface area (Å²) in [5.74, 6) is -0.639. The monoisotopic (exact) mass is 238 g/mol. The number of anilines is 1. The molecule has 6 nitrogen and oxygen atoms in total. The van der Waals surface area contributed by atoms with Gasteiger partial charge in [-0.25, -0.2) is 9.78 Å². The van der Waals surface area contributed by atoms with Gasteiger partial charge in [0.25, 0.3) is 0 Å². The summed E-state index contributed by atoms with van der Waals surface area (Å²) in [7, 11) is 0. The van der Waals surface area contributed by atoms with Gasteiger partial charge in [-0.1, -0.05) is 20.3 Å². The van der Waals surface area contributed by atoms with Crippen LogP contribution in [-0.2, 0) is 4.79 Å². The van der Waals surface area contributed by atoms with E-state index in [0.29, 0.717) is 0 Å². The molecule has 17 heavy (non-hydrogen) atoms. The van der Waals surface area contributed by atoms with E-state index < -0.39 is 12.0 Å². The average Bonchev–Trinajstić information content (AvgIpc) is 2.29. The summed E-state index contributed by atoms with van der Waals surface area (Å²) in [5.41, 5.74) is 1.49. The quantitative estimate of drug-likeness (QED) is 0.806. The molecule has 0 aromatic carbocycles. The number of carboxylic acids is 1. The third kappa shape index (κ3) is 3.37. The van der Waals surface area contributed by atoms with Gasteiger partial charge in [-0.3, -0.25) is 0 Å². The first-order valence-electron chi connectivity index (χ1n) is 5.63. The molecule has 0 saturated heterocycles. The Morgan fingerprint density at radius 3 is 2.47 bits per heavy atom. The minimum atomic E-state index is -0.902. The van der Waals surface area contributed by atoms with Gasteiger partial charge in [-0.05, 0) is 19.8 Å². The van der Waals surface area contributed by atoms with Crippen LogP contribution < -0.4 is 5.32 Å². The van der Waals surface area contributed by atoms with E-state index in [0.717, 1.165) is 17.8 Å². The molecule has 1 aromatic heterocycles. The van der Waals surface area contributed by atoms with Crippen molar-refractivity contribution in [1.29, 1.82) is 0 Å². The zero-order valence-corrected chi connectivity index (χ0v) is 10.6. The number of carbonyl (C=O) groups is 1. The lowest BCUT2D eigenvalue weighted by Crippen LogP contribution is -2.36. The van der Waals surface area contributed by atoms with Crippen LogP contribution in [0.15, 0.2) is 0 Å². The maximum absolute atomic E-state index is 11.1. The zero-order valence-electron chi connectivity index (χ0n) is 10.6. The maximum Gasteiger partial charge on any atom is 0.326 e. The van der Waals surface area contributed by atoms with Crippen molar-refractivity contribution in [3.63, 3.8) is 0 Å². The molecule has 0 spiro atoms. The Kier molecular flexibility index (Phi) is 4.37. The first-order valence-corrected chi connectivity index (χ1v) is 5.63. The summed E-state index contributed by atoms with van der Waals surface area (Å²) in [5, 5.41) is 19.7. The SMILES string of the molecule is CC[C@H](C)[C@H](Nc1nnc(C)c(C)n1)C(=O)O. The predicted molar refractivity (Wildman–Crippen MR) is 63.8 cm³/mol. The van der Waals surface area contributed by atoms with Gasteiger partial charge < -0.3 is 10.4 Å². The summed E-state index contributed by atoms with van der Waals surface area (Å²) >= 11 is 0. The number of nitrogens with zero attached hydrogens (tertiary/aromatic N) is 3. The molecule has 0 unspecified atom stereocenters. The second-order valence-electron chi connectivity index (χ2n) is 4.15. The molecule has 1 aromatic rings. The van der Waals surface area contributed by atoms with Crippen molar-refractivity contribution in [2.24, 2.45) is 5.92 Å². The molecule has 0 aliphatic rings. The van der Waals surface area contributed by atoms with Gasteiger partial charge in [0, 0.05) is 0 Å². The Morgan fingerprint density at radius 1 is 1.35 bits per heavy atom. The predicted octanol–water partition coefficient (Wildman–Crippen LogP) is 1.40. The van der Waals surface area contributed by atoms with Crippen molar-refractivity contribution in [3.05, 3.63) is 11.4 Å². The van der Waals surface area contributed by atoms with Gasteiger partial charge in [0.05, 0.1) is 11.4 Å². The van der Waals surface area contributed by atoms with E-state index in [1.807, 2.05) is 27.7 Å². The molecule has 2 atom stereocenters. The minimum absolute atomic E-state index is 0.00212. The van der Waals surface area contributed by atoms with Crippen molar-refractivity contribution in [3.8, 4) is 0 Å². The Bertz CT molecular complexity index is 408. The molecule has 0 radical (unpaired) electrons. The highest BCUT2D eigenvalue weighted by molar-refractivity contribution is 5.76. The Hall–Kier alpha value is -1.72. The largest absolute Gasteiger partial charge is 0.480 e. The van der Waals surface area contributed by atoms with Crippen LogP contribution in [0.5, 0.6) is 0 Å². The van der Waals surface area contributed by atoms with Crippen molar-refractivity contribution in [2.75, 3.05) is 5.32 Å². The Labute approximate surface area is 100 Å². The normalized spacial score (nSPS) is 14.1. The van der Waals surface area contributed by atoms with Crippen LogP contribution in [0.3, 0.4) is 0 Å². The van der Waals surface area contributed by atoms with Crippen LogP contribution >= 0.6 is 0 Å². The molecule has 6 heteroatoms. The van der Waals surface area contributed by atoms with Crippen molar-refractivity contribution in [1.82, 2.24) is 15.2 Å². The fourth-order valence-corrected chi connectivity index (χ4v) is 1.34. The molecular weight excluding hydrogens is 220 g/mol. The maximum atomic E-state index is 11.1. The standard InChI is InChI=1S/C11H18N4O2/c1-5-6(2)9(10(16)17)13-11-12-7(3)8(4)14-15-11/h6,9H,5H2,1-4H3,(H,16,17)(H,12,13,15)/t6-,9-/m0/s1. The zero-order chi connectivity index (χ0) is 13.0. The lowest BCUT2D eigenvalue weighted by Gasteiger charge is -2.19. The third-order valence-corrected chi connectivity index (χ3v) is 2.86. The van der Waals surface area contributed by atoms with Crippen LogP contribution in [0, 0.1) is 19.8 Å². The highest BCUT2D eigenvalue weighted by Gasteiger charge is 2.24. The summed E-state index contributed by atoms with van der Waals surface area (Å²) in [6.45, 7) is 7.44. The smallest absolute Gasteiger partial charge is 0.326 e. The highest BCUT2D eigenvalue weighted by Crippen LogP contribution is 2.12. The number of rotatable bonds is 5. The van der Waals surface area contributed by atoms with Crippen LogP contribution in [0.2, 0.25) is 0 Å². The highest BCUT2D eigenvalue weighted by atomic mass is 16.4. The number of aliphatic carboxylic acids is 1. The summed E-state index contributed by atoms with van der Waals surface area (Å²) in [4.78, 5) is 15.3. The van der Waals surface area contributed by atoms with Gasteiger partial charge >= 0.3 is 5.97 Å². The average molecular weight is 238 g/mol. The van der Waals surface area contributed by atoms with E-state index in [-0.39, 0.29) is 11.9 Å². The minimum Gasteiger partial charge on any atom is -0.480 e. The molecule has 0 amide bonds. The molecule has 1 rings (SSSR count). The van der Waals surface area contributed by atoms with E-state index in [1.54, 1.807) is 0 Å². The molecule has 1 heterocycles. The van der Waals surface area contributed by atoms with E-state index in [1.165, 1.54) is 0 Å². The third-order valence-electron chi connectivity index (χ3n) is 2.86. The lowest BCUT2D eigenvalue weighted by molar-refractivity contribution is -0.139. The van der Waals surface area contributed by atoms with Crippen molar-refractivity contribution in [2.45, 2.75) is 40.2 Å². The number of carboxylic acid groups (broad SMARTS) is 1. The number of nitrogens with one attached hydrogen (secondary N) is 1. The second-order valence-corrected chi connectivity index (χ2v) is 4.15. The van der Waals surface area contributed by atoms with E-state index in [9.17, 15) is 4.79 Å². The van der Waals surface area contributed by atoms with Gasteiger partial charge in [0.15, 0.2) is 0 Å². The fraction of sp³-hybridized carbons (Fsp3) is 0.636. The number of aryl methyl sites for hydroxylation is 2. The van der Waals surface area contributed by atoms with E-state index >= 15 is 0 Å². The summed E-state index contributed by atoms with van der Waals surface area (Å²) in [6.07, 6.45) is 0.766. The fourth-order valence-electron chi connectivity index (χ4n) is 1.34. The van der Waals surface area contributed by atoms with Crippen molar-refractivity contribution < 1.29 is 9.90 Å². The van der Waals surface area contributed by atoms with Crippen LogP contribution in [0.4, 0.5) is 5.95 Å². The molecule has 0 fully saturated rings. The van der Waals surface area contributed by atoms with E-state index in [4.69, 9.17) is 5.11 Å². The Balaban J connectivity index is 2.86. The summed E-state index contributed by atoms with van der Waals surface area (Å²) < 4.78 is 0. The van der Waals surface area contributed by atoms with Crippen LogP contribution in [-0.4, -0.2) is 32.3 Å². The van der Waals surface area contributed by atoms with Gasteiger partial charge in [0.2, 0.25) is 5.95 Å². The summed E-state index contributed by atoms with van der Waals surface area (Å²) in [6, 6.07) is -0.691. The Morgan fingerprint density at radius 2 is 2.00 bits per heavy atom. The lowest BCUT2D eigenvalue weighted by atomic mass is 9.99. The van der Waals surface area contributed by atoms with Crippen LogP contribution in [0.1, 0.15) is 31.7 Å². The van der Waals surface area contributed by atoms with Gasteiger partial charge in [0.1, 0.15) is 6.04 Å².